The van der Waals surface area contributed by atoms with Gasteiger partial charge in [0.05, 0.1) is 5.75 Å². The zero-order chi connectivity index (χ0) is 10.3. The van der Waals surface area contributed by atoms with Crippen molar-refractivity contribution in [1.82, 2.24) is 9.62 Å². The summed E-state index contributed by atoms with van der Waals surface area (Å²) in [7, 11) is -1.41. The van der Waals surface area contributed by atoms with Crippen LogP contribution in [0.3, 0.4) is 0 Å². The average molecular weight is 208 g/mol. The SMILES string of the molecule is CCCNCCS(=O)(=O)N(C)CC. The Morgan fingerprint density at radius 3 is 2.31 bits per heavy atom. The summed E-state index contributed by atoms with van der Waals surface area (Å²) in [4.78, 5) is 0. The number of rotatable bonds is 7. The van der Waals surface area contributed by atoms with Crippen LogP contribution in [-0.2, 0) is 10.0 Å². The molecule has 0 radical (unpaired) electrons. The van der Waals surface area contributed by atoms with E-state index in [-0.39, 0.29) is 5.75 Å². The van der Waals surface area contributed by atoms with Crippen molar-refractivity contribution in [3.63, 3.8) is 0 Å². The lowest BCUT2D eigenvalue weighted by Gasteiger charge is -2.14. The van der Waals surface area contributed by atoms with Gasteiger partial charge in [0.15, 0.2) is 0 Å². The van der Waals surface area contributed by atoms with Crippen molar-refractivity contribution in [1.29, 1.82) is 0 Å². The lowest BCUT2D eigenvalue weighted by Crippen LogP contribution is -2.33. The fourth-order valence-electron chi connectivity index (χ4n) is 0.855. The van der Waals surface area contributed by atoms with Gasteiger partial charge in [-0.15, -0.1) is 0 Å². The molecule has 4 nitrogen and oxygen atoms in total. The maximum Gasteiger partial charge on any atom is 0.215 e. The molecule has 0 aromatic heterocycles. The number of nitrogens with one attached hydrogen (secondary N) is 1. The fraction of sp³-hybridized carbons (Fsp3) is 1.00. The zero-order valence-corrected chi connectivity index (χ0v) is 9.52. The van der Waals surface area contributed by atoms with Gasteiger partial charge in [0, 0.05) is 20.1 Å². The maximum atomic E-state index is 11.4. The van der Waals surface area contributed by atoms with E-state index in [1.807, 2.05) is 6.92 Å². The Morgan fingerprint density at radius 1 is 1.23 bits per heavy atom. The molecule has 0 aromatic carbocycles. The van der Waals surface area contributed by atoms with Crippen molar-refractivity contribution in [3.8, 4) is 0 Å². The summed E-state index contributed by atoms with van der Waals surface area (Å²) in [6.07, 6.45) is 1.03. The van der Waals surface area contributed by atoms with E-state index in [0.29, 0.717) is 13.1 Å². The molecule has 0 saturated carbocycles. The van der Waals surface area contributed by atoms with Gasteiger partial charge in [-0.25, -0.2) is 12.7 Å². The number of nitrogens with zero attached hydrogens (tertiary/aromatic N) is 1. The molecular weight excluding hydrogens is 188 g/mol. The van der Waals surface area contributed by atoms with E-state index in [1.54, 1.807) is 7.05 Å². The van der Waals surface area contributed by atoms with Gasteiger partial charge in [-0.05, 0) is 13.0 Å². The number of hydrogen-bond acceptors (Lipinski definition) is 3. The molecule has 0 bridgehead atoms. The zero-order valence-electron chi connectivity index (χ0n) is 8.71. The van der Waals surface area contributed by atoms with E-state index >= 15 is 0 Å². The van der Waals surface area contributed by atoms with Crippen LogP contribution in [0.15, 0.2) is 0 Å². The molecule has 0 aliphatic rings. The van der Waals surface area contributed by atoms with Crippen molar-refractivity contribution in [2.45, 2.75) is 20.3 Å². The van der Waals surface area contributed by atoms with Crippen molar-refractivity contribution in [2.24, 2.45) is 0 Å². The fourth-order valence-corrected chi connectivity index (χ4v) is 1.96. The number of hydrogen-bond donors (Lipinski definition) is 1. The summed E-state index contributed by atoms with van der Waals surface area (Å²) < 4.78 is 24.2. The van der Waals surface area contributed by atoms with Crippen molar-refractivity contribution in [2.75, 3.05) is 32.4 Å². The van der Waals surface area contributed by atoms with E-state index < -0.39 is 10.0 Å². The minimum absolute atomic E-state index is 0.192. The molecule has 5 heteroatoms. The molecule has 13 heavy (non-hydrogen) atoms. The minimum atomic E-state index is -3.02. The Hall–Kier alpha value is -0.130. The minimum Gasteiger partial charge on any atom is -0.316 e. The second-order valence-corrected chi connectivity index (χ2v) is 5.18. The highest BCUT2D eigenvalue weighted by molar-refractivity contribution is 7.89. The smallest absolute Gasteiger partial charge is 0.215 e. The molecule has 0 fully saturated rings. The molecule has 80 valence electrons. The monoisotopic (exact) mass is 208 g/mol. The van der Waals surface area contributed by atoms with Crippen LogP contribution in [0, 0.1) is 0 Å². The lowest BCUT2D eigenvalue weighted by atomic mass is 10.5. The predicted molar refractivity (Wildman–Crippen MR) is 55.3 cm³/mol. The van der Waals surface area contributed by atoms with Crippen LogP contribution >= 0.6 is 0 Å². The first-order chi connectivity index (χ1) is 6.04. The quantitative estimate of drug-likeness (QED) is 0.611. The molecule has 0 aliphatic heterocycles. The van der Waals surface area contributed by atoms with Crippen LogP contribution in [0.4, 0.5) is 0 Å². The first-order valence-electron chi connectivity index (χ1n) is 4.69. The summed E-state index contributed by atoms with van der Waals surface area (Å²) in [6.45, 7) is 5.85. The molecule has 0 atom stereocenters. The van der Waals surface area contributed by atoms with Crippen LogP contribution in [0.2, 0.25) is 0 Å². The van der Waals surface area contributed by atoms with Crippen molar-refractivity contribution >= 4 is 10.0 Å². The lowest BCUT2D eigenvalue weighted by molar-refractivity contribution is 0.484. The molecule has 0 spiro atoms. The van der Waals surface area contributed by atoms with Gasteiger partial charge >= 0.3 is 0 Å². The van der Waals surface area contributed by atoms with E-state index in [4.69, 9.17) is 0 Å². The van der Waals surface area contributed by atoms with E-state index in [1.165, 1.54) is 4.31 Å². The Bertz CT molecular complexity index is 214. The van der Waals surface area contributed by atoms with Crippen molar-refractivity contribution < 1.29 is 8.42 Å². The third-order valence-corrected chi connectivity index (χ3v) is 3.81. The van der Waals surface area contributed by atoms with Crippen LogP contribution in [0.5, 0.6) is 0 Å². The van der Waals surface area contributed by atoms with Crippen LogP contribution in [0.25, 0.3) is 0 Å². The van der Waals surface area contributed by atoms with E-state index in [9.17, 15) is 8.42 Å². The first kappa shape index (κ1) is 12.9. The normalized spacial score (nSPS) is 12.3. The van der Waals surface area contributed by atoms with Crippen molar-refractivity contribution in [3.05, 3.63) is 0 Å². The standard InChI is InChI=1S/C8H20N2O2S/c1-4-6-9-7-8-13(11,12)10(3)5-2/h9H,4-8H2,1-3H3. The van der Waals surface area contributed by atoms with Crippen LogP contribution < -0.4 is 5.32 Å². The third-order valence-electron chi connectivity index (χ3n) is 1.88. The average Bonchev–Trinajstić information content (AvgIpc) is 2.11. The largest absolute Gasteiger partial charge is 0.316 e. The molecule has 0 aromatic rings. The van der Waals surface area contributed by atoms with Gasteiger partial charge in [-0.3, -0.25) is 0 Å². The highest BCUT2D eigenvalue weighted by atomic mass is 32.2. The van der Waals surface area contributed by atoms with Gasteiger partial charge in [0.25, 0.3) is 0 Å². The summed E-state index contributed by atoms with van der Waals surface area (Å²) in [5.41, 5.74) is 0. The van der Waals surface area contributed by atoms with Gasteiger partial charge < -0.3 is 5.32 Å². The van der Waals surface area contributed by atoms with E-state index in [0.717, 1.165) is 13.0 Å². The van der Waals surface area contributed by atoms with Crippen LogP contribution in [-0.4, -0.2) is 45.2 Å². The van der Waals surface area contributed by atoms with Gasteiger partial charge in [-0.1, -0.05) is 13.8 Å². The highest BCUT2D eigenvalue weighted by Crippen LogP contribution is 1.95. The second-order valence-electron chi connectivity index (χ2n) is 2.98. The molecule has 0 saturated heterocycles. The Kier molecular flexibility index (Phi) is 6.28. The Balaban J connectivity index is 3.77. The summed E-state index contributed by atoms with van der Waals surface area (Å²) in [6, 6.07) is 0. The topological polar surface area (TPSA) is 49.4 Å². The second kappa shape index (κ2) is 6.34. The van der Waals surface area contributed by atoms with Gasteiger partial charge in [0.1, 0.15) is 0 Å². The maximum absolute atomic E-state index is 11.4. The first-order valence-corrected chi connectivity index (χ1v) is 6.30. The molecular formula is C8H20N2O2S. The summed E-state index contributed by atoms with van der Waals surface area (Å²) in [5, 5.41) is 3.06. The summed E-state index contributed by atoms with van der Waals surface area (Å²) in [5.74, 6) is 0.192. The molecule has 0 heterocycles. The Labute approximate surface area is 81.4 Å². The highest BCUT2D eigenvalue weighted by Gasteiger charge is 2.14. The molecule has 1 N–H and O–H groups in total. The molecule has 0 unspecified atom stereocenters. The Morgan fingerprint density at radius 2 is 1.85 bits per heavy atom. The third kappa shape index (κ3) is 5.23. The van der Waals surface area contributed by atoms with Gasteiger partial charge in [0.2, 0.25) is 10.0 Å². The van der Waals surface area contributed by atoms with Gasteiger partial charge in [-0.2, -0.15) is 0 Å². The molecule has 0 aliphatic carbocycles. The summed E-state index contributed by atoms with van der Waals surface area (Å²) >= 11 is 0. The van der Waals surface area contributed by atoms with Crippen LogP contribution in [0.1, 0.15) is 20.3 Å². The van der Waals surface area contributed by atoms with E-state index in [2.05, 4.69) is 12.2 Å². The number of sulfonamides is 1. The predicted octanol–water partition coefficient (Wildman–Crippen LogP) is 0.268. The molecule has 0 amide bonds. The molecule has 0 rings (SSSR count).